The smallest absolute Gasteiger partial charge is 0.266 e. The van der Waals surface area contributed by atoms with Gasteiger partial charge in [0.15, 0.2) is 5.17 Å². The molecule has 4 nitrogen and oxygen atoms in total. The fraction of sp³-hybridized carbons (Fsp3) is 0.273. The van der Waals surface area contributed by atoms with Crippen LogP contribution in [0.3, 0.4) is 0 Å². The van der Waals surface area contributed by atoms with Gasteiger partial charge >= 0.3 is 0 Å². The zero-order chi connectivity index (χ0) is 20.1. The predicted octanol–water partition coefficient (Wildman–Crippen LogP) is 5.49. The Bertz CT molecular complexity index is 923. The maximum Gasteiger partial charge on any atom is 0.266 e. The summed E-state index contributed by atoms with van der Waals surface area (Å²) < 4.78 is 6.98. The van der Waals surface area contributed by atoms with Crippen LogP contribution in [-0.4, -0.2) is 29.1 Å². The van der Waals surface area contributed by atoms with Crippen LogP contribution in [0.15, 0.2) is 52.4 Å². The van der Waals surface area contributed by atoms with Crippen LogP contribution in [0.1, 0.15) is 30.5 Å². The van der Waals surface area contributed by atoms with Crippen molar-refractivity contribution in [3.05, 3.63) is 67.6 Å². The topological polar surface area (TPSA) is 41.9 Å². The zero-order valence-corrected chi connectivity index (χ0v) is 19.2. The number of hydrogen-bond acceptors (Lipinski definition) is 4. The number of aliphatic imine (C=N–C) groups is 1. The molecule has 1 saturated heterocycles. The average molecular weight is 506 g/mol. The monoisotopic (exact) mass is 506 g/mol. The first-order valence-electron chi connectivity index (χ1n) is 9.25. The highest BCUT2D eigenvalue weighted by molar-refractivity contribution is 14.1. The van der Waals surface area contributed by atoms with Crippen molar-refractivity contribution in [2.45, 2.75) is 27.4 Å². The fourth-order valence-electron chi connectivity index (χ4n) is 2.76. The number of hydrogen-bond donors (Lipinski definition) is 0. The average Bonchev–Trinajstić information content (AvgIpc) is 2.97. The van der Waals surface area contributed by atoms with E-state index >= 15 is 0 Å². The van der Waals surface area contributed by atoms with Gasteiger partial charge in [-0.25, -0.2) is 0 Å². The molecule has 1 aliphatic rings. The Hall–Kier alpha value is -1.80. The van der Waals surface area contributed by atoms with Crippen molar-refractivity contribution in [1.82, 2.24) is 4.90 Å². The molecular weight excluding hydrogens is 483 g/mol. The van der Waals surface area contributed by atoms with Crippen molar-refractivity contribution in [3.8, 4) is 5.75 Å². The number of ether oxygens (including phenoxy) is 1. The van der Waals surface area contributed by atoms with Crippen molar-refractivity contribution in [2.24, 2.45) is 4.99 Å². The van der Waals surface area contributed by atoms with E-state index in [9.17, 15) is 4.79 Å². The van der Waals surface area contributed by atoms with Crippen molar-refractivity contribution in [1.29, 1.82) is 0 Å². The Kier molecular flexibility index (Phi) is 7.18. The normalized spacial score (nSPS) is 17.0. The van der Waals surface area contributed by atoms with E-state index in [0.29, 0.717) is 24.6 Å². The lowest BCUT2D eigenvalue weighted by Crippen LogP contribution is -2.28. The summed E-state index contributed by atoms with van der Waals surface area (Å²) in [6, 6.07) is 14.3. The van der Waals surface area contributed by atoms with Gasteiger partial charge in [-0.1, -0.05) is 35.9 Å². The van der Waals surface area contributed by atoms with Gasteiger partial charge in [-0.05, 0) is 84.5 Å². The summed E-state index contributed by atoms with van der Waals surface area (Å²) in [5.41, 5.74) is 3.36. The Morgan fingerprint density at radius 3 is 2.57 bits per heavy atom. The lowest BCUT2D eigenvalue weighted by molar-refractivity contribution is -0.122. The van der Waals surface area contributed by atoms with Crippen LogP contribution >= 0.6 is 34.4 Å². The summed E-state index contributed by atoms with van der Waals surface area (Å²) in [4.78, 5) is 19.5. The number of amidine groups is 1. The number of amides is 1. The van der Waals surface area contributed by atoms with Crippen LogP contribution in [0.5, 0.6) is 5.75 Å². The van der Waals surface area contributed by atoms with Gasteiger partial charge in [-0.2, -0.15) is 0 Å². The van der Waals surface area contributed by atoms with Gasteiger partial charge in [0.2, 0.25) is 0 Å². The minimum atomic E-state index is 0.0226. The van der Waals surface area contributed by atoms with Gasteiger partial charge in [0.05, 0.1) is 8.48 Å². The molecule has 0 aliphatic carbocycles. The van der Waals surface area contributed by atoms with Crippen LogP contribution in [0.4, 0.5) is 0 Å². The fourth-order valence-corrected chi connectivity index (χ4v) is 4.56. The number of thioether (sulfide) groups is 1. The van der Waals surface area contributed by atoms with Crippen LogP contribution in [-0.2, 0) is 11.4 Å². The summed E-state index contributed by atoms with van der Waals surface area (Å²) in [5.74, 6) is 0.867. The van der Waals surface area contributed by atoms with Crippen LogP contribution in [0, 0.1) is 10.5 Å². The molecule has 1 amide bonds. The van der Waals surface area contributed by atoms with Crippen LogP contribution < -0.4 is 4.74 Å². The molecule has 0 spiro atoms. The lowest BCUT2D eigenvalue weighted by atomic mass is 10.1. The number of aryl methyl sites for hydroxylation is 1. The molecule has 1 fully saturated rings. The molecule has 28 heavy (non-hydrogen) atoms. The summed E-state index contributed by atoms with van der Waals surface area (Å²) in [6.07, 6.45) is 1.93. The maximum absolute atomic E-state index is 12.6. The van der Waals surface area contributed by atoms with E-state index in [0.717, 1.165) is 25.6 Å². The molecule has 146 valence electrons. The second kappa shape index (κ2) is 9.60. The largest absolute Gasteiger partial charge is 0.488 e. The minimum absolute atomic E-state index is 0.0226. The molecule has 1 heterocycles. The molecule has 2 aromatic carbocycles. The number of benzene rings is 2. The van der Waals surface area contributed by atoms with Gasteiger partial charge in [0.25, 0.3) is 5.91 Å². The number of carbonyl (C=O) groups excluding carboxylic acids is 1. The van der Waals surface area contributed by atoms with E-state index in [2.05, 4.69) is 58.8 Å². The first kappa shape index (κ1) is 20.9. The van der Waals surface area contributed by atoms with Crippen LogP contribution in [0.25, 0.3) is 6.08 Å². The van der Waals surface area contributed by atoms with Crippen LogP contribution in [0.2, 0.25) is 0 Å². The molecule has 0 bridgehead atoms. The zero-order valence-electron chi connectivity index (χ0n) is 16.2. The van der Waals surface area contributed by atoms with Crippen molar-refractivity contribution >= 4 is 51.5 Å². The van der Waals surface area contributed by atoms with E-state index in [1.165, 1.54) is 17.3 Å². The predicted molar refractivity (Wildman–Crippen MR) is 126 cm³/mol. The first-order chi connectivity index (χ1) is 13.5. The van der Waals surface area contributed by atoms with Crippen molar-refractivity contribution in [2.75, 3.05) is 13.1 Å². The molecule has 0 atom stereocenters. The Balaban J connectivity index is 1.73. The van der Waals surface area contributed by atoms with Gasteiger partial charge in [-0.15, -0.1) is 0 Å². The highest BCUT2D eigenvalue weighted by atomic mass is 127. The summed E-state index contributed by atoms with van der Waals surface area (Å²) in [6.45, 7) is 7.86. The second-order valence-electron chi connectivity index (χ2n) is 6.38. The molecule has 0 N–H and O–H groups in total. The molecular formula is C22H23IN2O2S. The van der Waals surface area contributed by atoms with E-state index < -0.39 is 0 Å². The standard InChI is InChI=1S/C22H23IN2O2S/c1-4-24-22-25(5-2)21(26)20(28-22)13-17-10-11-19(18(23)12-17)27-14-16-8-6-15(3)7-9-16/h6-13H,4-5,14H2,1-3H3/b20-13-,24-22?. The van der Waals surface area contributed by atoms with Crippen molar-refractivity contribution in [3.63, 3.8) is 0 Å². The minimum Gasteiger partial charge on any atom is -0.488 e. The lowest BCUT2D eigenvalue weighted by Gasteiger charge is -2.11. The number of halogens is 1. The first-order valence-corrected chi connectivity index (χ1v) is 11.1. The molecule has 2 aromatic rings. The number of likely N-dealkylation sites (N-methyl/N-ethyl adjacent to an activating group) is 1. The molecule has 0 aromatic heterocycles. The summed E-state index contributed by atoms with van der Waals surface area (Å²) >= 11 is 3.72. The van der Waals surface area contributed by atoms with E-state index in [1.54, 1.807) is 4.90 Å². The number of carbonyl (C=O) groups is 1. The quantitative estimate of drug-likeness (QED) is 0.385. The van der Waals surface area contributed by atoms with Gasteiger partial charge in [0.1, 0.15) is 12.4 Å². The van der Waals surface area contributed by atoms with E-state index in [-0.39, 0.29) is 5.91 Å². The highest BCUT2D eigenvalue weighted by Gasteiger charge is 2.31. The van der Waals surface area contributed by atoms with Crippen molar-refractivity contribution < 1.29 is 9.53 Å². The van der Waals surface area contributed by atoms with Gasteiger partial charge in [-0.3, -0.25) is 14.7 Å². The summed E-state index contributed by atoms with van der Waals surface area (Å²) in [5, 5.41) is 0.786. The molecule has 3 rings (SSSR count). The molecule has 0 radical (unpaired) electrons. The Morgan fingerprint density at radius 2 is 1.93 bits per heavy atom. The second-order valence-corrected chi connectivity index (χ2v) is 8.55. The Morgan fingerprint density at radius 1 is 1.18 bits per heavy atom. The van der Waals surface area contributed by atoms with E-state index in [4.69, 9.17) is 4.74 Å². The van der Waals surface area contributed by atoms with Gasteiger partial charge < -0.3 is 4.74 Å². The Labute approximate surface area is 184 Å². The molecule has 0 saturated carbocycles. The number of rotatable bonds is 6. The van der Waals surface area contributed by atoms with E-state index in [1.807, 2.05) is 38.1 Å². The molecule has 1 aliphatic heterocycles. The third-order valence-corrected chi connectivity index (χ3v) is 6.15. The summed E-state index contributed by atoms with van der Waals surface area (Å²) in [7, 11) is 0. The SMILES string of the molecule is CCN=C1S/C(=C\c2ccc(OCc3ccc(C)cc3)c(I)c2)C(=O)N1CC. The third-order valence-electron chi connectivity index (χ3n) is 4.27. The molecule has 0 unspecified atom stereocenters. The number of nitrogens with zero attached hydrogens (tertiary/aromatic N) is 2. The third kappa shape index (κ3) is 4.97. The van der Waals surface area contributed by atoms with Gasteiger partial charge in [0, 0.05) is 13.1 Å². The molecule has 6 heteroatoms. The highest BCUT2D eigenvalue weighted by Crippen LogP contribution is 2.33. The maximum atomic E-state index is 12.6.